The Labute approximate surface area is 164 Å². The fourth-order valence-electron chi connectivity index (χ4n) is 2.12. The van der Waals surface area contributed by atoms with Gasteiger partial charge in [0.2, 0.25) is 11.8 Å². The van der Waals surface area contributed by atoms with Crippen LogP contribution in [-0.4, -0.2) is 36.2 Å². The number of nitrogens with zero attached hydrogens (tertiary/aromatic N) is 1. The number of hydrogen-bond acceptors (Lipinski definition) is 6. The number of nitrogens with one attached hydrogen (secondary N) is 2. The predicted molar refractivity (Wildman–Crippen MR) is 105 cm³/mol. The van der Waals surface area contributed by atoms with Crippen LogP contribution in [0, 0.1) is 6.92 Å². The maximum Gasteiger partial charge on any atom is 0.408 e. The average molecular weight is 387 g/mol. The number of rotatable bonds is 6. The fourth-order valence-corrected chi connectivity index (χ4v) is 2.12. The maximum absolute atomic E-state index is 12.0. The number of hydrogen-bond donors (Lipinski definition) is 2. The molecule has 0 radical (unpaired) electrons. The van der Waals surface area contributed by atoms with Gasteiger partial charge in [-0.05, 0) is 45.4 Å². The van der Waals surface area contributed by atoms with E-state index in [0.29, 0.717) is 23.2 Å². The summed E-state index contributed by atoms with van der Waals surface area (Å²) in [6.07, 6.45) is -0.666. The smallest absolute Gasteiger partial charge is 0.408 e. The SMILES string of the molecule is COc1ccc(C)c(Oc2cccc(NC(=O)CNC(=O)OC(C)(C)C)n2)c1. The minimum absolute atomic E-state index is 0.239. The van der Waals surface area contributed by atoms with Crippen LogP contribution in [0.1, 0.15) is 26.3 Å². The summed E-state index contributed by atoms with van der Waals surface area (Å²) in [6.45, 7) is 6.89. The molecule has 0 saturated carbocycles. The third-order valence-electron chi connectivity index (χ3n) is 3.39. The van der Waals surface area contributed by atoms with Gasteiger partial charge in [-0.2, -0.15) is 4.98 Å². The zero-order valence-electron chi connectivity index (χ0n) is 16.7. The van der Waals surface area contributed by atoms with Crippen LogP contribution < -0.4 is 20.1 Å². The van der Waals surface area contributed by atoms with Crippen molar-refractivity contribution >= 4 is 17.8 Å². The number of amides is 2. The van der Waals surface area contributed by atoms with E-state index in [9.17, 15) is 9.59 Å². The second kappa shape index (κ2) is 9.07. The molecule has 0 aliphatic rings. The van der Waals surface area contributed by atoms with Crippen molar-refractivity contribution in [2.24, 2.45) is 0 Å². The molecule has 0 fully saturated rings. The van der Waals surface area contributed by atoms with E-state index in [1.165, 1.54) is 0 Å². The summed E-state index contributed by atoms with van der Waals surface area (Å²) < 4.78 is 16.1. The Balaban J connectivity index is 1.96. The summed E-state index contributed by atoms with van der Waals surface area (Å²) >= 11 is 0. The molecule has 0 aliphatic heterocycles. The highest BCUT2D eigenvalue weighted by Crippen LogP contribution is 2.28. The summed E-state index contributed by atoms with van der Waals surface area (Å²) in [6, 6.07) is 10.5. The first-order valence-corrected chi connectivity index (χ1v) is 8.72. The Morgan fingerprint density at radius 1 is 1.14 bits per heavy atom. The van der Waals surface area contributed by atoms with Crippen LogP contribution >= 0.6 is 0 Å². The van der Waals surface area contributed by atoms with Crippen LogP contribution in [0.15, 0.2) is 36.4 Å². The first kappa shape index (κ1) is 21.0. The summed E-state index contributed by atoms with van der Waals surface area (Å²) in [7, 11) is 1.58. The number of benzene rings is 1. The molecule has 1 heterocycles. The van der Waals surface area contributed by atoms with E-state index >= 15 is 0 Å². The van der Waals surface area contributed by atoms with Crippen LogP contribution in [0.5, 0.6) is 17.4 Å². The molecule has 0 saturated heterocycles. The lowest BCUT2D eigenvalue weighted by atomic mass is 10.2. The monoisotopic (exact) mass is 387 g/mol. The van der Waals surface area contributed by atoms with Crippen LogP contribution in [0.25, 0.3) is 0 Å². The molecule has 2 amide bonds. The summed E-state index contributed by atoms with van der Waals surface area (Å²) in [5.41, 5.74) is 0.282. The molecule has 2 aromatic rings. The molecule has 1 aromatic heterocycles. The first-order valence-electron chi connectivity index (χ1n) is 8.72. The van der Waals surface area contributed by atoms with Crippen molar-refractivity contribution in [1.82, 2.24) is 10.3 Å². The minimum atomic E-state index is -0.666. The lowest BCUT2D eigenvalue weighted by molar-refractivity contribution is -0.115. The van der Waals surface area contributed by atoms with Gasteiger partial charge in [-0.25, -0.2) is 4.79 Å². The number of carbonyl (C=O) groups excluding carboxylic acids is 2. The van der Waals surface area contributed by atoms with Gasteiger partial charge in [0.05, 0.1) is 7.11 Å². The summed E-state index contributed by atoms with van der Waals surface area (Å²) in [5.74, 6) is 1.44. The zero-order valence-corrected chi connectivity index (χ0v) is 16.7. The van der Waals surface area contributed by atoms with Crippen molar-refractivity contribution in [3.05, 3.63) is 42.0 Å². The molecule has 150 valence electrons. The second-order valence-corrected chi connectivity index (χ2v) is 7.00. The second-order valence-electron chi connectivity index (χ2n) is 7.00. The number of alkyl carbamates (subject to hydrolysis) is 1. The molecule has 8 nitrogen and oxygen atoms in total. The Morgan fingerprint density at radius 2 is 1.89 bits per heavy atom. The topological polar surface area (TPSA) is 98.8 Å². The van der Waals surface area contributed by atoms with Crippen molar-refractivity contribution in [2.75, 3.05) is 19.0 Å². The highest BCUT2D eigenvalue weighted by Gasteiger charge is 2.16. The maximum atomic E-state index is 12.0. The van der Waals surface area contributed by atoms with E-state index in [0.717, 1.165) is 5.56 Å². The number of ether oxygens (including phenoxy) is 3. The van der Waals surface area contributed by atoms with E-state index in [4.69, 9.17) is 14.2 Å². The van der Waals surface area contributed by atoms with Gasteiger partial charge in [0.15, 0.2) is 0 Å². The molecule has 2 rings (SSSR count). The summed E-state index contributed by atoms with van der Waals surface area (Å²) in [4.78, 5) is 27.9. The van der Waals surface area contributed by atoms with Crippen LogP contribution in [-0.2, 0) is 9.53 Å². The number of aromatic nitrogens is 1. The molecule has 0 aliphatic carbocycles. The first-order chi connectivity index (χ1) is 13.2. The number of aryl methyl sites for hydroxylation is 1. The van der Waals surface area contributed by atoms with Gasteiger partial charge in [0.1, 0.15) is 29.5 Å². The van der Waals surface area contributed by atoms with Gasteiger partial charge >= 0.3 is 6.09 Å². The molecular weight excluding hydrogens is 362 g/mol. The van der Waals surface area contributed by atoms with Gasteiger partial charge in [0.25, 0.3) is 0 Å². The molecule has 0 unspecified atom stereocenters. The Hall–Kier alpha value is -3.29. The van der Waals surface area contributed by atoms with E-state index in [1.54, 1.807) is 52.1 Å². The van der Waals surface area contributed by atoms with Crippen molar-refractivity contribution in [3.8, 4) is 17.4 Å². The van der Waals surface area contributed by atoms with Crippen LogP contribution in [0.3, 0.4) is 0 Å². The van der Waals surface area contributed by atoms with E-state index in [-0.39, 0.29) is 6.54 Å². The Kier molecular flexibility index (Phi) is 6.81. The van der Waals surface area contributed by atoms with E-state index in [1.807, 2.05) is 19.1 Å². The molecule has 1 aromatic carbocycles. The van der Waals surface area contributed by atoms with Crippen molar-refractivity contribution in [1.29, 1.82) is 0 Å². The lowest BCUT2D eigenvalue weighted by Crippen LogP contribution is -2.37. The van der Waals surface area contributed by atoms with Gasteiger partial charge in [-0.15, -0.1) is 0 Å². The quantitative estimate of drug-likeness (QED) is 0.785. The molecule has 0 atom stereocenters. The van der Waals surface area contributed by atoms with Crippen LogP contribution in [0.4, 0.5) is 10.6 Å². The summed E-state index contributed by atoms with van der Waals surface area (Å²) in [5, 5.41) is 4.99. The van der Waals surface area contributed by atoms with Gasteiger partial charge in [-0.3, -0.25) is 4.79 Å². The zero-order chi connectivity index (χ0) is 20.7. The largest absolute Gasteiger partial charge is 0.497 e. The number of pyridine rings is 1. The molecule has 0 spiro atoms. The highest BCUT2D eigenvalue weighted by atomic mass is 16.6. The van der Waals surface area contributed by atoms with Crippen LogP contribution in [0.2, 0.25) is 0 Å². The molecule has 8 heteroatoms. The van der Waals surface area contributed by atoms with Crippen molar-refractivity contribution < 1.29 is 23.8 Å². The standard InChI is InChI=1S/C20H25N3O5/c1-13-9-10-14(26-5)11-15(13)27-18-8-6-7-16(23-18)22-17(24)12-21-19(25)28-20(2,3)4/h6-11H,12H2,1-5H3,(H,21,25)(H,22,23,24). The highest BCUT2D eigenvalue weighted by molar-refractivity contribution is 5.93. The molecule has 28 heavy (non-hydrogen) atoms. The molecule has 0 bridgehead atoms. The third-order valence-corrected chi connectivity index (χ3v) is 3.39. The minimum Gasteiger partial charge on any atom is -0.497 e. The van der Waals surface area contributed by atoms with E-state index in [2.05, 4.69) is 15.6 Å². The average Bonchev–Trinajstić information content (AvgIpc) is 2.61. The normalized spacial score (nSPS) is 10.8. The predicted octanol–water partition coefficient (Wildman–Crippen LogP) is 3.65. The third kappa shape index (κ3) is 6.79. The Morgan fingerprint density at radius 3 is 2.57 bits per heavy atom. The van der Waals surface area contributed by atoms with Crippen molar-refractivity contribution in [3.63, 3.8) is 0 Å². The number of methoxy groups -OCH3 is 1. The number of carbonyl (C=O) groups is 2. The number of anilines is 1. The molecular formula is C20H25N3O5. The van der Waals surface area contributed by atoms with Gasteiger partial charge in [0, 0.05) is 12.1 Å². The lowest BCUT2D eigenvalue weighted by Gasteiger charge is -2.19. The van der Waals surface area contributed by atoms with Crippen molar-refractivity contribution in [2.45, 2.75) is 33.3 Å². The van der Waals surface area contributed by atoms with Gasteiger partial charge in [-0.1, -0.05) is 12.1 Å². The molecule has 2 N–H and O–H groups in total. The fraction of sp³-hybridized carbons (Fsp3) is 0.350. The van der Waals surface area contributed by atoms with E-state index < -0.39 is 17.6 Å². The van der Waals surface area contributed by atoms with Gasteiger partial charge < -0.3 is 24.8 Å². The Bertz CT molecular complexity index is 846.